The lowest BCUT2D eigenvalue weighted by Crippen LogP contribution is -2.32. The molecule has 0 bridgehead atoms. The number of benzene rings is 1. The second kappa shape index (κ2) is 8.90. The standard InChI is InChI=1S/C21H25N3O4S/c1-2-23-10-8-19(25)22-21(23)29-14-20(26)24-9-3-5-16(24)15-6-7-17-18(13-15)28-12-4-11-27-17/h6-8,10,13,16H,2-5,9,11-12,14H2,1H3. The molecule has 1 unspecified atom stereocenters. The van der Waals surface area contributed by atoms with Crippen LogP contribution < -0.4 is 15.0 Å². The van der Waals surface area contributed by atoms with Gasteiger partial charge in [-0.05, 0) is 37.5 Å². The fourth-order valence-electron chi connectivity index (χ4n) is 3.78. The Morgan fingerprint density at radius 3 is 2.86 bits per heavy atom. The minimum absolute atomic E-state index is 0.0392. The monoisotopic (exact) mass is 415 g/mol. The summed E-state index contributed by atoms with van der Waals surface area (Å²) in [6.45, 7) is 4.73. The molecule has 1 amide bonds. The van der Waals surface area contributed by atoms with Gasteiger partial charge in [0.05, 0.1) is 25.0 Å². The van der Waals surface area contributed by atoms with Crippen molar-refractivity contribution in [3.8, 4) is 11.5 Å². The maximum Gasteiger partial charge on any atom is 0.273 e. The number of amides is 1. The predicted octanol–water partition coefficient (Wildman–Crippen LogP) is 2.88. The van der Waals surface area contributed by atoms with Gasteiger partial charge in [-0.25, -0.2) is 0 Å². The lowest BCUT2D eigenvalue weighted by molar-refractivity contribution is -0.129. The third kappa shape index (κ3) is 4.42. The number of likely N-dealkylation sites (tertiary alicyclic amines) is 1. The summed E-state index contributed by atoms with van der Waals surface area (Å²) in [5.41, 5.74) is 0.796. The van der Waals surface area contributed by atoms with E-state index in [0.717, 1.165) is 42.9 Å². The van der Waals surface area contributed by atoms with E-state index in [9.17, 15) is 9.59 Å². The lowest BCUT2D eigenvalue weighted by Gasteiger charge is -2.25. The van der Waals surface area contributed by atoms with Crippen LogP contribution in [0.4, 0.5) is 0 Å². The van der Waals surface area contributed by atoms with Gasteiger partial charge in [0.25, 0.3) is 5.56 Å². The molecule has 0 saturated carbocycles. The summed E-state index contributed by atoms with van der Waals surface area (Å²) in [5, 5.41) is 0.583. The van der Waals surface area contributed by atoms with Crippen LogP contribution in [0.2, 0.25) is 0 Å². The molecular formula is C21H25N3O4S. The van der Waals surface area contributed by atoms with Gasteiger partial charge in [0.15, 0.2) is 16.7 Å². The molecule has 0 spiro atoms. The van der Waals surface area contributed by atoms with Crippen molar-refractivity contribution in [2.24, 2.45) is 0 Å². The topological polar surface area (TPSA) is 73.7 Å². The fraction of sp³-hybridized carbons (Fsp3) is 0.476. The second-order valence-electron chi connectivity index (χ2n) is 7.12. The average Bonchev–Trinajstić information content (AvgIpc) is 3.11. The number of carbonyl (C=O) groups excluding carboxylic acids is 1. The summed E-state index contributed by atoms with van der Waals surface area (Å²) in [6, 6.07) is 7.47. The first-order chi connectivity index (χ1) is 14.2. The Kier molecular flexibility index (Phi) is 6.08. The van der Waals surface area contributed by atoms with E-state index in [2.05, 4.69) is 4.98 Å². The average molecular weight is 416 g/mol. The summed E-state index contributed by atoms with van der Waals surface area (Å²) in [4.78, 5) is 30.5. The Morgan fingerprint density at radius 1 is 1.21 bits per heavy atom. The van der Waals surface area contributed by atoms with Gasteiger partial charge < -0.3 is 18.9 Å². The van der Waals surface area contributed by atoms with E-state index in [-0.39, 0.29) is 23.3 Å². The highest BCUT2D eigenvalue weighted by Crippen LogP contribution is 2.38. The zero-order valence-electron chi connectivity index (χ0n) is 16.5. The molecule has 1 atom stereocenters. The SMILES string of the molecule is CCn1ccc(=O)nc1SCC(=O)N1CCCC1c1ccc2c(c1)OCCCO2. The van der Waals surface area contributed by atoms with Gasteiger partial charge in [0, 0.05) is 31.8 Å². The Labute approximate surface area is 174 Å². The minimum atomic E-state index is -0.282. The molecule has 8 heteroatoms. The van der Waals surface area contributed by atoms with Crippen molar-refractivity contribution in [2.45, 2.75) is 43.9 Å². The number of hydrogen-bond acceptors (Lipinski definition) is 6. The zero-order valence-corrected chi connectivity index (χ0v) is 17.3. The first-order valence-corrected chi connectivity index (χ1v) is 11.0. The highest BCUT2D eigenvalue weighted by molar-refractivity contribution is 7.99. The molecule has 4 rings (SSSR count). The molecule has 2 aliphatic heterocycles. The predicted molar refractivity (Wildman–Crippen MR) is 111 cm³/mol. The van der Waals surface area contributed by atoms with Crippen molar-refractivity contribution in [2.75, 3.05) is 25.5 Å². The van der Waals surface area contributed by atoms with E-state index >= 15 is 0 Å². The zero-order chi connectivity index (χ0) is 20.2. The number of hydrogen-bond donors (Lipinski definition) is 0. The van der Waals surface area contributed by atoms with E-state index in [1.807, 2.05) is 34.6 Å². The van der Waals surface area contributed by atoms with Gasteiger partial charge in [-0.3, -0.25) is 9.59 Å². The van der Waals surface area contributed by atoms with E-state index < -0.39 is 0 Å². The van der Waals surface area contributed by atoms with Crippen LogP contribution in [-0.4, -0.2) is 45.9 Å². The number of aryl methyl sites for hydroxylation is 1. The number of fused-ring (bicyclic) bond motifs is 1. The van der Waals surface area contributed by atoms with Crippen molar-refractivity contribution >= 4 is 17.7 Å². The molecule has 154 valence electrons. The fourth-order valence-corrected chi connectivity index (χ4v) is 4.71. The molecule has 0 aliphatic carbocycles. The van der Waals surface area contributed by atoms with Gasteiger partial charge >= 0.3 is 0 Å². The summed E-state index contributed by atoms with van der Waals surface area (Å²) < 4.78 is 13.4. The number of thioether (sulfide) groups is 1. The van der Waals surface area contributed by atoms with Crippen molar-refractivity contribution in [1.29, 1.82) is 0 Å². The lowest BCUT2D eigenvalue weighted by atomic mass is 10.0. The Balaban J connectivity index is 1.47. The molecule has 1 aromatic heterocycles. The van der Waals surface area contributed by atoms with Gasteiger partial charge in [-0.1, -0.05) is 17.8 Å². The molecule has 0 radical (unpaired) electrons. The smallest absolute Gasteiger partial charge is 0.273 e. The van der Waals surface area contributed by atoms with Crippen LogP contribution in [0, 0.1) is 0 Å². The largest absolute Gasteiger partial charge is 0.490 e. The van der Waals surface area contributed by atoms with E-state index in [0.29, 0.717) is 24.9 Å². The third-order valence-corrected chi connectivity index (χ3v) is 6.22. The number of aromatic nitrogens is 2. The Hall–Kier alpha value is -2.48. The van der Waals surface area contributed by atoms with Crippen LogP contribution in [0.5, 0.6) is 11.5 Å². The Bertz CT molecular complexity index is 946. The summed E-state index contributed by atoms with van der Waals surface area (Å²) in [7, 11) is 0. The van der Waals surface area contributed by atoms with E-state index in [1.54, 1.807) is 6.20 Å². The quantitative estimate of drug-likeness (QED) is 0.552. The first kappa shape index (κ1) is 19.8. The number of nitrogens with zero attached hydrogens (tertiary/aromatic N) is 3. The van der Waals surface area contributed by atoms with Gasteiger partial charge in [0.2, 0.25) is 5.91 Å². The summed E-state index contributed by atoms with van der Waals surface area (Å²) >= 11 is 1.32. The molecule has 1 saturated heterocycles. The van der Waals surface area contributed by atoms with E-state index in [1.165, 1.54) is 17.8 Å². The van der Waals surface area contributed by atoms with Crippen LogP contribution in [0.25, 0.3) is 0 Å². The molecule has 7 nitrogen and oxygen atoms in total. The Morgan fingerprint density at radius 2 is 2.03 bits per heavy atom. The van der Waals surface area contributed by atoms with Crippen LogP contribution in [-0.2, 0) is 11.3 Å². The normalized spacial score (nSPS) is 18.5. The van der Waals surface area contributed by atoms with Gasteiger partial charge in [0.1, 0.15) is 0 Å². The minimum Gasteiger partial charge on any atom is -0.490 e. The number of ether oxygens (including phenoxy) is 2. The second-order valence-corrected chi connectivity index (χ2v) is 8.07. The third-order valence-electron chi connectivity index (χ3n) is 5.24. The highest BCUT2D eigenvalue weighted by Gasteiger charge is 2.30. The van der Waals surface area contributed by atoms with Gasteiger partial charge in [-0.15, -0.1) is 0 Å². The van der Waals surface area contributed by atoms with Crippen LogP contribution in [0.1, 0.15) is 37.8 Å². The van der Waals surface area contributed by atoms with Gasteiger partial charge in [-0.2, -0.15) is 4.98 Å². The number of carbonyl (C=O) groups is 1. The van der Waals surface area contributed by atoms with Crippen LogP contribution in [0.15, 0.2) is 40.4 Å². The van der Waals surface area contributed by atoms with Crippen molar-refractivity contribution in [3.63, 3.8) is 0 Å². The first-order valence-electron chi connectivity index (χ1n) is 10.0. The van der Waals surface area contributed by atoms with Crippen LogP contribution in [0.3, 0.4) is 0 Å². The van der Waals surface area contributed by atoms with Crippen LogP contribution >= 0.6 is 11.8 Å². The highest BCUT2D eigenvalue weighted by atomic mass is 32.2. The molecule has 3 heterocycles. The number of rotatable bonds is 5. The van der Waals surface area contributed by atoms with Crippen molar-refractivity contribution in [3.05, 3.63) is 46.4 Å². The molecule has 1 aromatic carbocycles. The van der Waals surface area contributed by atoms with Crippen molar-refractivity contribution in [1.82, 2.24) is 14.5 Å². The maximum absolute atomic E-state index is 13.0. The summed E-state index contributed by atoms with van der Waals surface area (Å²) in [5.74, 6) is 1.85. The molecular weight excluding hydrogens is 390 g/mol. The van der Waals surface area contributed by atoms with Crippen molar-refractivity contribution < 1.29 is 14.3 Å². The molecule has 29 heavy (non-hydrogen) atoms. The maximum atomic E-state index is 13.0. The van der Waals surface area contributed by atoms with E-state index in [4.69, 9.17) is 9.47 Å². The summed E-state index contributed by atoms with van der Waals surface area (Å²) in [6.07, 6.45) is 4.49. The molecule has 2 aromatic rings. The molecule has 1 fully saturated rings. The molecule has 2 aliphatic rings. The molecule has 0 N–H and O–H groups in total.